The van der Waals surface area contributed by atoms with Crippen LogP contribution in [-0.4, -0.2) is 35.2 Å². The molecule has 0 saturated heterocycles. The molecule has 0 aliphatic rings. The van der Waals surface area contributed by atoms with Gasteiger partial charge in [0, 0.05) is 16.8 Å². The van der Waals surface area contributed by atoms with Crippen molar-refractivity contribution in [3.05, 3.63) is 82.7 Å². The van der Waals surface area contributed by atoms with Crippen molar-refractivity contribution in [1.82, 2.24) is 5.32 Å². The first-order valence-electron chi connectivity index (χ1n) is 11.6. The van der Waals surface area contributed by atoms with E-state index in [1.165, 1.54) is 18.3 Å². The molecule has 0 saturated carbocycles. The summed E-state index contributed by atoms with van der Waals surface area (Å²) in [6, 6.07) is 19.1. The van der Waals surface area contributed by atoms with E-state index in [4.69, 9.17) is 10.5 Å². The van der Waals surface area contributed by atoms with E-state index in [9.17, 15) is 19.2 Å². The van der Waals surface area contributed by atoms with E-state index in [0.29, 0.717) is 11.3 Å². The number of hydrogen-bond acceptors (Lipinski definition) is 7. The van der Waals surface area contributed by atoms with Crippen LogP contribution < -0.4 is 11.1 Å². The summed E-state index contributed by atoms with van der Waals surface area (Å²) in [6.07, 6.45) is 0.702. The lowest BCUT2D eigenvalue weighted by Gasteiger charge is -2.31. The summed E-state index contributed by atoms with van der Waals surface area (Å²) in [7, 11) is 0. The highest BCUT2D eigenvalue weighted by atomic mass is 32.1. The Balaban J connectivity index is 1.68. The third-order valence-electron chi connectivity index (χ3n) is 5.57. The number of esters is 2. The number of thiophene rings is 1. The van der Waals surface area contributed by atoms with Gasteiger partial charge >= 0.3 is 11.9 Å². The van der Waals surface area contributed by atoms with Gasteiger partial charge in [-0.15, -0.1) is 11.3 Å². The number of amides is 1. The molecule has 0 spiro atoms. The van der Waals surface area contributed by atoms with Crippen LogP contribution in [0.2, 0.25) is 0 Å². The minimum absolute atomic E-state index is 0.00333. The quantitative estimate of drug-likeness (QED) is 0.224. The molecule has 2 aromatic carbocycles. The van der Waals surface area contributed by atoms with Gasteiger partial charge in [0.15, 0.2) is 5.78 Å². The fourth-order valence-electron chi connectivity index (χ4n) is 3.84. The second-order valence-electron chi connectivity index (χ2n) is 9.25. The van der Waals surface area contributed by atoms with Crippen molar-refractivity contribution in [3.63, 3.8) is 0 Å². The standard InChI is InChI=1S/C28H30N2O5S/c1-18(31)23-14-15-24(36-23)20-9-11-21(12-10-20)26(33)35-27(34)22(13-16-25(29)32)30-28(2,3)17-19-7-5-4-6-8-19/h4-12,14-15,22,30H,13,16-17H2,1-3H3,(H2,29,32)/t22-/m0/s1. The van der Waals surface area contributed by atoms with E-state index in [-0.39, 0.29) is 24.2 Å². The third kappa shape index (κ3) is 7.69. The van der Waals surface area contributed by atoms with Crippen LogP contribution in [0, 0.1) is 0 Å². The highest BCUT2D eigenvalue weighted by Crippen LogP contribution is 2.28. The molecular formula is C28H30N2O5S. The van der Waals surface area contributed by atoms with Crippen LogP contribution in [0.4, 0.5) is 0 Å². The van der Waals surface area contributed by atoms with E-state index in [1.807, 2.05) is 50.2 Å². The first-order valence-corrected chi connectivity index (χ1v) is 12.4. The monoisotopic (exact) mass is 506 g/mol. The summed E-state index contributed by atoms with van der Waals surface area (Å²) in [5, 5.41) is 3.24. The van der Waals surface area contributed by atoms with Crippen LogP contribution in [-0.2, 0) is 20.7 Å². The van der Waals surface area contributed by atoms with Gasteiger partial charge in [-0.25, -0.2) is 9.59 Å². The van der Waals surface area contributed by atoms with E-state index < -0.39 is 29.4 Å². The molecule has 0 fully saturated rings. The van der Waals surface area contributed by atoms with Gasteiger partial charge in [-0.05, 0) is 69.0 Å². The number of nitrogens with two attached hydrogens (primary N) is 1. The first-order chi connectivity index (χ1) is 17.0. The Morgan fingerprint density at radius 2 is 1.64 bits per heavy atom. The zero-order valence-corrected chi connectivity index (χ0v) is 21.4. The summed E-state index contributed by atoms with van der Waals surface area (Å²) in [6.45, 7) is 5.39. The van der Waals surface area contributed by atoms with Crippen molar-refractivity contribution in [2.24, 2.45) is 5.73 Å². The molecule has 0 unspecified atom stereocenters. The largest absolute Gasteiger partial charge is 0.388 e. The summed E-state index contributed by atoms with van der Waals surface area (Å²) < 4.78 is 5.17. The summed E-state index contributed by atoms with van der Waals surface area (Å²) in [5.41, 5.74) is 6.92. The maximum atomic E-state index is 12.9. The fourth-order valence-corrected chi connectivity index (χ4v) is 4.75. The van der Waals surface area contributed by atoms with Gasteiger partial charge in [0.25, 0.3) is 0 Å². The lowest BCUT2D eigenvalue weighted by Crippen LogP contribution is -2.51. The maximum absolute atomic E-state index is 12.9. The molecule has 0 radical (unpaired) electrons. The van der Waals surface area contributed by atoms with Crippen molar-refractivity contribution in [3.8, 4) is 10.4 Å². The van der Waals surface area contributed by atoms with Crippen molar-refractivity contribution < 1.29 is 23.9 Å². The molecule has 0 aliphatic heterocycles. The van der Waals surface area contributed by atoms with Gasteiger partial charge in [-0.3, -0.25) is 14.9 Å². The number of hydrogen-bond donors (Lipinski definition) is 2. The molecule has 7 nitrogen and oxygen atoms in total. The minimum atomic E-state index is -0.893. The molecule has 3 N–H and O–H groups in total. The minimum Gasteiger partial charge on any atom is -0.388 e. The number of ether oxygens (including phenoxy) is 1. The van der Waals surface area contributed by atoms with E-state index in [0.717, 1.165) is 16.0 Å². The third-order valence-corrected chi connectivity index (χ3v) is 6.80. The average Bonchev–Trinajstić information content (AvgIpc) is 3.33. The number of primary amides is 1. The topological polar surface area (TPSA) is 116 Å². The SMILES string of the molecule is CC(=O)c1ccc(-c2ccc(C(=O)OC(=O)[C@H](CCC(N)=O)NC(C)(C)Cc3ccccc3)cc2)s1. The molecule has 8 heteroatoms. The summed E-state index contributed by atoms with van der Waals surface area (Å²) in [5.74, 6) is -2.10. The number of nitrogens with one attached hydrogen (secondary N) is 1. The Hall–Kier alpha value is -3.62. The lowest BCUT2D eigenvalue weighted by atomic mass is 9.93. The summed E-state index contributed by atoms with van der Waals surface area (Å²) in [4.78, 5) is 50.1. The van der Waals surface area contributed by atoms with E-state index >= 15 is 0 Å². The molecular weight excluding hydrogens is 476 g/mol. The van der Waals surface area contributed by atoms with Gasteiger partial charge in [0.2, 0.25) is 5.91 Å². The molecule has 0 aliphatic carbocycles. The van der Waals surface area contributed by atoms with Crippen LogP contribution >= 0.6 is 11.3 Å². The predicted molar refractivity (Wildman–Crippen MR) is 140 cm³/mol. The van der Waals surface area contributed by atoms with Gasteiger partial charge in [-0.2, -0.15) is 0 Å². The molecule has 1 atom stereocenters. The smallest absolute Gasteiger partial charge is 0.345 e. The Labute approximate surface area is 214 Å². The highest BCUT2D eigenvalue weighted by Gasteiger charge is 2.30. The Kier molecular flexibility index (Phi) is 8.90. The molecule has 36 heavy (non-hydrogen) atoms. The Bertz CT molecular complexity index is 1230. The van der Waals surface area contributed by atoms with Crippen molar-refractivity contribution in [1.29, 1.82) is 0 Å². The van der Waals surface area contributed by atoms with E-state index in [2.05, 4.69) is 5.32 Å². The molecule has 1 heterocycles. The number of Topliss-reactive ketones (excluding diaryl/α,β-unsaturated/α-hetero) is 1. The molecule has 1 aromatic heterocycles. The van der Waals surface area contributed by atoms with Crippen LogP contribution in [0.3, 0.4) is 0 Å². The fraction of sp³-hybridized carbons (Fsp3) is 0.286. The number of ketones is 1. The average molecular weight is 507 g/mol. The number of carbonyl (C=O) groups is 4. The number of rotatable bonds is 11. The maximum Gasteiger partial charge on any atom is 0.345 e. The van der Waals surface area contributed by atoms with E-state index in [1.54, 1.807) is 30.3 Å². The van der Waals surface area contributed by atoms with Crippen LogP contribution in [0.25, 0.3) is 10.4 Å². The predicted octanol–water partition coefficient (Wildman–Crippen LogP) is 4.55. The first kappa shape index (κ1) is 27.0. The number of benzene rings is 2. The van der Waals surface area contributed by atoms with Gasteiger partial charge in [-0.1, -0.05) is 42.5 Å². The van der Waals surface area contributed by atoms with Crippen molar-refractivity contribution in [2.75, 3.05) is 0 Å². The highest BCUT2D eigenvalue weighted by molar-refractivity contribution is 7.17. The molecule has 3 rings (SSSR count). The molecule has 188 valence electrons. The van der Waals surface area contributed by atoms with Crippen molar-refractivity contribution in [2.45, 2.75) is 51.6 Å². The zero-order chi connectivity index (χ0) is 26.3. The zero-order valence-electron chi connectivity index (χ0n) is 20.6. The Morgan fingerprint density at radius 3 is 2.22 bits per heavy atom. The van der Waals surface area contributed by atoms with Crippen LogP contribution in [0.15, 0.2) is 66.7 Å². The molecule has 3 aromatic rings. The summed E-state index contributed by atoms with van der Waals surface area (Å²) >= 11 is 1.37. The Morgan fingerprint density at radius 1 is 0.972 bits per heavy atom. The molecule has 0 bridgehead atoms. The number of carbonyl (C=O) groups excluding carboxylic acids is 4. The normalized spacial score (nSPS) is 12.1. The van der Waals surface area contributed by atoms with Crippen LogP contribution in [0.1, 0.15) is 59.2 Å². The van der Waals surface area contributed by atoms with Gasteiger partial charge in [0.05, 0.1) is 10.4 Å². The lowest BCUT2D eigenvalue weighted by molar-refractivity contribution is -0.141. The van der Waals surface area contributed by atoms with Crippen molar-refractivity contribution >= 4 is 35.0 Å². The van der Waals surface area contributed by atoms with Crippen LogP contribution in [0.5, 0.6) is 0 Å². The van der Waals surface area contributed by atoms with Gasteiger partial charge < -0.3 is 10.5 Å². The van der Waals surface area contributed by atoms with Gasteiger partial charge in [0.1, 0.15) is 6.04 Å². The molecule has 1 amide bonds. The second kappa shape index (κ2) is 11.9. The second-order valence-corrected chi connectivity index (χ2v) is 10.3.